The van der Waals surface area contributed by atoms with E-state index in [1.807, 2.05) is 43.9 Å². The predicted molar refractivity (Wildman–Crippen MR) is 84.6 cm³/mol. The Kier molecular flexibility index (Phi) is 3.60. The third-order valence-corrected chi connectivity index (χ3v) is 4.58. The summed E-state index contributed by atoms with van der Waals surface area (Å²) in [5.41, 5.74) is 8.97. The molecule has 0 spiro atoms. The fraction of sp³-hybridized carbons (Fsp3) is 0.438. The van der Waals surface area contributed by atoms with Gasteiger partial charge in [0.25, 0.3) is 0 Å². The molecule has 0 saturated carbocycles. The summed E-state index contributed by atoms with van der Waals surface area (Å²) < 4.78 is 1.83. The molecule has 3 rings (SSSR count). The molecule has 3 heterocycles. The first-order chi connectivity index (χ1) is 10.5. The van der Waals surface area contributed by atoms with Crippen molar-refractivity contribution in [1.82, 2.24) is 14.8 Å². The number of anilines is 1. The van der Waals surface area contributed by atoms with Gasteiger partial charge in [-0.05, 0) is 37.1 Å². The second-order valence-corrected chi connectivity index (χ2v) is 6.02. The Labute approximate surface area is 129 Å². The smallest absolute Gasteiger partial charge is 0.223 e. The van der Waals surface area contributed by atoms with E-state index in [1.165, 1.54) is 0 Å². The van der Waals surface area contributed by atoms with E-state index >= 15 is 0 Å². The Morgan fingerprint density at radius 2 is 2.14 bits per heavy atom. The van der Waals surface area contributed by atoms with Crippen LogP contribution < -0.4 is 10.6 Å². The molecule has 1 aliphatic heterocycles. The lowest BCUT2D eigenvalue weighted by atomic mass is 9.89. The second-order valence-electron chi connectivity index (χ2n) is 6.02. The quantitative estimate of drug-likeness (QED) is 0.922. The number of hydrogen-bond acceptors (Lipinski definition) is 4. The molecule has 2 aromatic rings. The summed E-state index contributed by atoms with van der Waals surface area (Å²) in [7, 11) is 1.91. The number of pyridine rings is 1. The molecule has 2 atom stereocenters. The lowest BCUT2D eigenvalue weighted by molar-refractivity contribution is -0.121. The highest BCUT2D eigenvalue weighted by Gasteiger charge is 2.39. The fourth-order valence-corrected chi connectivity index (χ4v) is 3.17. The third kappa shape index (κ3) is 2.45. The highest BCUT2D eigenvalue weighted by atomic mass is 16.1. The zero-order chi connectivity index (χ0) is 15.9. The maximum absolute atomic E-state index is 11.9. The van der Waals surface area contributed by atoms with Crippen LogP contribution in [0.3, 0.4) is 0 Å². The molecule has 1 amide bonds. The molecule has 6 nitrogen and oxygen atoms in total. The van der Waals surface area contributed by atoms with Crippen molar-refractivity contribution >= 4 is 11.7 Å². The van der Waals surface area contributed by atoms with E-state index in [2.05, 4.69) is 15.0 Å². The molecule has 0 bridgehead atoms. The lowest BCUT2D eigenvalue weighted by Gasteiger charge is -2.17. The SMILES string of the molecule is Cc1ccnc(N2C[C@H](C(N)=O)[C@@H](c3cnn(C)c3C)C2)c1. The van der Waals surface area contributed by atoms with Gasteiger partial charge in [0.15, 0.2) is 0 Å². The van der Waals surface area contributed by atoms with Gasteiger partial charge in [-0.2, -0.15) is 5.10 Å². The number of carbonyl (C=O) groups is 1. The summed E-state index contributed by atoms with van der Waals surface area (Å²) in [6.07, 6.45) is 3.65. The molecule has 0 unspecified atom stereocenters. The van der Waals surface area contributed by atoms with Crippen LogP contribution in [0.2, 0.25) is 0 Å². The molecule has 0 aromatic carbocycles. The molecule has 0 radical (unpaired) electrons. The van der Waals surface area contributed by atoms with Crippen molar-refractivity contribution < 1.29 is 4.79 Å². The first-order valence-corrected chi connectivity index (χ1v) is 7.42. The molecule has 1 saturated heterocycles. The summed E-state index contributed by atoms with van der Waals surface area (Å²) in [6, 6.07) is 4.00. The highest BCUT2D eigenvalue weighted by molar-refractivity contribution is 5.79. The number of amides is 1. The first-order valence-electron chi connectivity index (χ1n) is 7.42. The van der Waals surface area contributed by atoms with Crippen LogP contribution in [0.5, 0.6) is 0 Å². The second kappa shape index (κ2) is 5.44. The van der Waals surface area contributed by atoms with E-state index in [1.54, 1.807) is 6.20 Å². The van der Waals surface area contributed by atoms with Crippen LogP contribution in [-0.2, 0) is 11.8 Å². The van der Waals surface area contributed by atoms with Crippen LogP contribution in [0.25, 0.3) is 0 Å². The predicted octanol–water partition coefficient (Wildman–Crippen LogP) is 1.14. The van der Waals surface area contributed by atoms with Crippen molar-refractivity contribution in [3.63, 3.8) is 0 Å². The maximum atomic E-state index is 11.9. The van der Waals surface area contributed by atoms with Gasteiger partial charge in [-0.3, -0.25) is 9.48 Å². The number of rotatable bonds is 3. The number of nitrogens with zero attached hydrogens (tertiary/aromatic N) is 4. The molecular weight excluding hydrogens is 278 g/mol. The van der Waals surface area contributed by atoms with Crippen LogP contribution in [-0.4, -0.2) is 33.8 Å². The minimum absolute atomic E-state index is 0.0634. The summed E-state index contributed by atoms with van der Waals surface area (Å²) >= 11 is 0. The van der Waals surface area contributed by atoms with Gasteiger partial charge < -0.3 is 10.6 Å². The van der Waals surface area contributed by atoms with Crippen molar-refractivity contribution in [3.05, 3.63) is 41.3 Å². The first kappa shape index (κ1) is 14.6. The van der Waals surface area contributed by atoms with Gasteiger partial charge in [-0.1, -0.05) is 0 Å². The number of aryl methyl sites for hydroxylation is 2. The summed E-state index contributed by atoms with van der Waals surface area (Å²) in [5.74, 6) is 0.484. The van der Waals surface area contributed by atoms with Gasteiger partial charge in [0, 0.05) is 37.9 Å². The minimum atomic E-state index is -0.261. The maximum Gasteiger partial charge on any atom is 0.223 e. The van der Waals surface area contributed by atoms with E-state index in [-0.39, 0.29) is 17.7 Å². The standard InChI is InChI=1S/C16H21N5O/c1-10-4-5-18-15(6-10)21-8-13(14(9-21)16(17)22)12-7-19-20(3)11(12)2/h4-7,13-14H,8-9H2,1-3H3,(H2,17,22)/t13-,14+/m1/s1. The van der Waals surface area contributed by atoms with Gasteiger partial charge in [-0.25, -0.2) is 4.98 Å². The molecule has 1 aliphatic rings. The molecule has 0 aliphatic carbocycles. The van der Waals surface area contributed by atoms with Gasteiger partial charge in [-0.15, -0.1) is 0 Å². The number of nitrogens with two attached hydrogens (primary N) is 1. The Morgan fingerprint density at radius 1 is 1.36 bits per heavy atom. The largest absolute Gasteiger partial charge is 0.369 e. The summed E-state index contributed by atoms with van der Waals surface area (Å²) in [6.45, 7) is 5.39. The van der Waals surface area contributed by atoms with Crippen molar-refractivity contribution in [3.8, 4) is 0 Å². The van der Waals surface area contributed by atoms with Gasteiger partial charge in [0.05, 0.1) is 12.1 Å². The molecule has 116 valence electrons. The molecule has 1 fully saturated rings. The van der Waals surface area contributed by atoms with Crippen LogP contribution in [0.4, 0.5) is 5.82 Å². The number of carbonyl (C=O) groups excluding carboxylic acids is 1. The lowest BCUT2D eigenvalue weighted by Crippen LogP contribution is -2.29. The van der Waals surface area contributed by atoms with Crippen molar-refractivity contribution in [2.24, 2.45) is 18.7 Å². The number of primary amides is 1. The van der Waals surface area contributed by atoms with Crippen molar-refractivity contribution in [2.45, 2.75) is 19.8 Å². The zero-order valence-corrected chi connectivity index (χ0v) is 13.2. The van der Waals surface area contributed by atoms with Crippen LogP contribution in [0, 0.1) is 19.8 Å². The Hall–Kier alpha value is -2.37. The van der Waals surface area contributed by atoms with Crippen molar-refractivity contribution in [2.75, 3.05) is 18.0 Å². The minimum Gasteiger partial charge on any atom is -0.369 e. The van der Waals surface area contributed by atoms with E-state index in [0.717, 1.165) is 29.2 Å². The molecule has 22 heavy (non-hydrogen) atoms. The summed E-state index contributed by atoms with van der Waals surface area (Å²) in [4.78, 5) is 18.5. The molecule has 2 aromatic heterocycles. The van der Waals surface area contributed by atoms with Crippen molar-refractivity contribution in [1.29, 1.82) is 0 Å². The monoisotopic (exact) mass is 299 g/mol. The van der Waals surface area contributed by atoms with E-state index in [0.29, 0.717) is 6.54 Å². The summed E-state index contributed by atoms with van der Waals surface area (Å²) in [5, 5.41) is 4.30. The normalized spacial score (nSPS) is 21.3. The number of aromatic nitrogens is 3. The van der Waals surface area contributed by atoms with E-state index < -0.39 is 0 Å². The van der Waals surface area contributed by atoms with E-state index in [9.17, 15) is 4.79 Å². The van der Waals surface area contributed by atoms with E-state index in [4.69, 9.17) is 5.73 Å². The fourth-order valence-electron chi connectivity index (χ4n) is 3.17. The topological polar surface area (TPSA) is 77.0 Å². The third-order valence-electron chi connectivity index (χ3n) is 4.58. The van der Waals surface area contributed by atoms with Crippen LogP contribution in [0.1, 0.15) is 22.7 Å². The Morgan fingerprint density at radius 3 is 2.73 bits per heavy atom. The average molecular weight is 299 g/mol. The highest BCUT2D eigenvalue weighted by Crippen LogP contribution is 2.36. The van der Waals surface area contributed by atoms with Crippen LogP contribution in [0.15, 0.2) is 24.5 Å². The average Bonchev–Trinajstić information content (AvgIpc) is 3.04. The number of hydrogen-bond donors (Lipinski definition) is 1. The molecule has 6 heteroatoms. The molecular formula is C16H21N5O. The Bertz CT molecular complexity index is 708. The molecule has 2 N–H and O–H groups in total. The van der Waals surface area contributed by atoms with Crippen LogP contribution >= 0.6 is 0 Å². The zero-order valence-electron chi connectivity index (χ0n) is 13.2. The van der Waals surface area contributed by atoms with Gasteiger partial charge in [0.1, 0.15) is 5.82 Å². The van der Waals surface area contributed by atoms with Gasteiger partial charge >= 0.3 is 0 Å². The Balaban J connectivity index is 1.93. The van der Waals surface area contributed by atoms with Gasteiger partial charge in [0.2, 0.25) is 5.91 Å².